The van der Waals surface area contributed by atoms with Crippen molar-refractivity contribution in [1.29, 1.82) is 0 Å². The molecule has 0 N–H and O–H groups in total. The van der Waals surface area contributed by atoms with E-state index in [9.17, 15) is 19.7 Å². The lowest BCUT2D eigenvalue weighted by Crippen LogP contribution is -2.50. The second-order valence-corrected chi connectivity index (χ2v) is 7.13. The molecular weight excluding hydrogens is 336 g/mol. The van der Waals surface area contributed by atoms with Crippen LogP contribution in [0.15, 0.2) is 24.3 Å². The van der Waals surface area contributed by atoms with Crippen LogP contribution in [0.1, 0.15) is 20.3 Å². The van der Waals surface area contributed by atoms with Crippen molar-refractivity contribution in [2.45, 2.75) is 26.3 Å². The summed E-state index contributed by atoms with van der Waals surface area (Å²) >= 11 is 0. The van der Waals surface area contributed by atoms with Crippen molar-refractivity contribution in [2.75, 3.05) is 37.6 Å². The third kappa shape index (κ3) is 3.63. The van der Waals surface area contributed by atoms with Crippen LogP contribution in [0.25, 0.3) is 0 Å². The van der Waals surface area contributed by atoms with Gasteiger partial charge in [0.2, 0.25) is 11.8 Å². The minimum Gasteiger partial charge on any atom is -0.368 e. The zero-order valence-corrected chi connectivity index (χ0v) is 15.1. The van der Waals surface area contributed by atoms with Crippen LogP contribution in [0.5, 0.6) is 0 Å². The Labute approximate surface area is 152 Å². The summed E-state index contributed by atoms with van der Waals surface area (Å²) in [6.07, 6.45) is 0.305. The Bertz CT molecular complexity index is 696. The van der Waals surface area contributed by atoms with Gasteiger partial charge in [-0.25, -0.2) is 0 Å². The van der Waals surface area contributed by atoms with Gasteiger partial charge in [-0.05, 0) is 26.0 Å². The molecule has 0 aromatic heterocycles. The number of carbonyl (C=O) groups excluding carboxylic acids is 2. The number of carbonyl (C=O) groups is 2. The van der Waals surface area contributed by atoms with E-state index >= 15 is 0 Å². The largest absolute Gasteiger partial charge is 0.368 e. The van der Waals surface area contributed by atoms with Gasteiger partial charge in [-0.15, -0.1) is 0 Å². The first-order valence-corrected chi connectivity index (χ1v) is 8.94. The first-order chi connectivity index (χ1) is 12.4. The Hall–Kier alpha value is -2.64. The highest BCUT2D eigenvalue weighted by Crippen LogP contribution is 2.24. The van der Waals surface area contributed by atoms with Gasteiger partial charge >= 0.3 is 0 Å². The lowest BCUT2D eigenvalue weighted by molar-refractivity contribution is -0.384. The van der Waals surface area contributed by atoms with E-state index in [0.29, 0.717) is 39.1 Å². The number of piperazine rings is 1. The average Bonchev–Trinajstić information content (AvgIpc) is 3.03. The van der Waals surface area contributed by atoms with Crippen molar-refractivity contribution in [1.82, 2.24) is 9.80 Å². The molecule has 2 saturated heterocycles. The Kier molecular flexibility index (Phi) is 5.11. The molecule has 0 bridgehead atoms. The van der Waals surface area contributed by atoms with Crippen LogP contribution in [-0.4, -0.2) is 65.3 Å². The van der Waals surface area contributed by atoms with E-state index in [1.54, 1.807) is 17.0 Å². The lowest BCUT2D eigenvalue weighted by atomic mass is 10.1. The van der Waals surface area contributed by atoms with Crippen LogP contribution >= 0.6 is 0 Å². The molecule has 2 fully saturated rings. The minimum absolute atomic E-state index is 0.0582. The van der Waals surface area contributed by atoms with Gasteiger partial charge in [0.1, 0.15) is 0 Å². The van der Waals surface area contributed by atoms with Gasteiger partial charge in [-0.1, -0.05) is 0 Å². The van der Waals surface area contributed by atoms with Crippen LogP contribution in [0.2, 0.25) is 0 Å². The molecule has 3 rings (SSSR count). The molecule has 140 valence electrons. The maximum absolute atomic E-state index is 12.7. The molecule has 0 unspecified atom stereocenters. The fourth-order valence-corrected chi connectivity index (χ4v) is 3.62. The van der Waals surface area contributed by atoms with E-state index in [-0.39, 0.29) is 29.5 Å². The SMILES string of the molecule is CC(C)N1C[C@@H](C(=O)N2CCN(c3ccc([N+](=O)[O-])cc3)CC2)CC1=O. The molecule has 26 heavy (non-hydrogen) atoms. The molecule has 1 atom stereocenters. The summed E-state index contributed by atoms with van der Waals surface area (Å²) in [4.78, 5) is 40.8. The van der Waals surface area contributed by atoms with Crippen LogP contribution in [0.3, 0.4) is 0 Å². The summed E-state index contributed by atoms with van der Waals surface area (Å²) in [6, 6.07) is 6.60. The molecule has 0 saturated carbocycles. The zero-order valence-electron chi connectivity index (χ0n) is 15.1. The molecule has 0 spiro atoms. The summed E-state index contributed by atoms with van der Waals surface area (Å²) < 4.78 is 0. The Balaban J connectivity index is 1.56. The number of rotatable bonds is 4. The van der Waals surface area contributed by atoms with E-state index in [0.717, 1.165) is 5.69 Å². The second kappa shape index (κ2) is 7.31. The van der Waals surface area contributed by atoms with E-state index in [1.165, 1.54) is 12.1 Å². The van der Waals surface area contributed by atoms with E-state index < -0.39 is 4.92 Å². The van der Waals surface area contributed by atoms with E-state index in [1.807, 2.05) is 18.7 Å². The number of nitro benzene ring substituents is 1. The number of amides is 2. The first-order valence-electron chi connectivity index (χ1n) is 8.94. The Morgan fingerprint density at radius 1 is 1.15 bits per heavy atom. The third-order valence-electron chi connectivity index (χ3n) is 5.15. The zero-order chi connectivity index (χ0) is 18.8. The molecule has 8 nitrogen and oxygen atoms in total. The van der Waals surface area contributed by atoms with Gasteiger partial charge in [-0.2, -0.15) is 0 Å². The summed E-state index contributed by atoms with van der Waals surface area (Å²) in [5.74, 6) is -0.122. The van der Waals surface area contributed by atoms with Crippen LogP contribution in [0, 0.1) is 16.0 Å². The summed E-state index contributed by atoms with van der Waals surface area (Å²) in [5.41, 5.74) is 0.993. The van der Waals surface area contributed by atoms with Crippen molar-refractivity contribution in [3.8, 4) is 0 Å². The summed E-state index contributed by atoms with van der Waals surface area (Å²) in [5, 5.41) is 10.7. The molecule has 2 amide bonds. The molecule has 8 heteroatoms. The molecule has 2 heterocycles. The highest BCUT2D eigenvalue weighted by atomic mass is 16.6. The molecule has 1 aromatic rings. The third-order valence-corrected chi connectivity index (χ3v) is 5.15. The molecule has 2 aliphatic heterocycles. The summed E-state index contributed by atoms with van der Waals surface area (Å²) in [7, 11) is 0. The average molecular weight is 360 g/mol. The van der Waals surface area contributed by atoms with Crippen LogP contribution < -0.4 is 4.90 Å². The van der Waals surface area contributed by atoms with Crippen LogP contribution in [-0.2, 0) is 9.59 Å². The van der Waals surface area contributed by atoms with Gasteiger partial charge in [0.05, 0.1) is 10.8 Å². The Morgan fingerprint density at radius 2 is 1.77 bits per heavy atom. The molecular formula is C18H24N4O4. The number of nitro groups is 1. The number of likely N-dealkylation sites (tertiary alicyclic amines) is 1. The smallest absolute Gasteiger partial charge is 0.269 e. The quantitative estimate of drug-likeness (QED) is 0.600. The number of non-ortho nitro benzene ring substituents is 1. The van der Waals surface area contributed by atoms with Crippen LogP contribution in [0.4, 0.5) is 11.4 Å². The highest BCUT2D eigenvalue weighted by molar-refractivity contribution is 5.89. The number of hydrogen-bond acceptors (Lipinski definition) is 5. The monoisotopic (exact) mass is 360 g/mol. The Morgan fingerprint density at radius 3 is 2.27 bits per heavy atom. The predicted molar refractivity (Wildman–Crippen MR) is 96.8 cm³/mol. The van der Waals surface area contributed by atoms with Gasteiger partial charge in [0.15, 0.2) is 0 Å². The first kappa shape index (κ1) is 18.2. The highest BCUT2D eigenvalue weighted by Gasteiger charge is 2.38. The van der Waals surface area contributed by atoms with Gasteiger partial charge < -0.3 is 14.7 Å². The molecule has 2 aliphatic rings. The van der Waals surface area contributed by atoms with Gasteiger partial charge in [0, 0.05) is 63.0 Å². The fraction of sp³-hybridized carbons (Fsp3) is 0.556. The van der Waals surface area contributed by atoms with Crippen molar-refractivity contribution >= 4 is 23.2 Å². The standard InChI is InChI=1S/C18H24N4O4/c1-13(2)21-12-14(11-17(21)23)18(24)20-9-7-19(8-10-20)15-3-5-16(6-4-15)22(25)26/h3-6,13-14H,7-12H2,1-2H3/t14-/m0/s1. The van der Waals surface area contributed by atoms with Gasteiger partial charge in [-0.3, -0.25) is 19.7 Å². The van der Waals surface area contributed by atoms with E-state index in [4.69, 9.17) is 0 Å². The maximum Gasteiger partial charge on any atom is 0.269 e. The minimum atomic E-state index is -0.413. The molecule has 1 aromatic carbocycles. The van der Waals surface area contributed by atoms with Crippen molar-refractivity contribution < 1.29 is 14.5 Å². The second-order valence-electron chi connectivity index (χ2n) is 7.13. The van der Waals surface area contributed by atoms with Gasteiger partial charge in [0.25, 0.3) is 5.69 Å². The number of benzene rings is 1. The number of hydrogen-bond donors (Lipinski definition) is 0. The maximum atomic E-state index is 12.7. The van der Waals surface area contributed by atoms with E-state index in [2.05, 4.69) is 4.90 Å². The van der Waals surface area contributed by atoms with Crippen molar-refractivity contribution in [3.05, 3.63) is 34.4 Å². The van der Waals surface area contributed by atoms with Crippen molar-refractivity contribution in [3.63, 3.8) is 0 Å². The summed E-state index contributed by atoms with van der Waals surface area (Å²) in [6.45, 7) is 7.00. The lowest BCUT2D eigenvalue weighted by Gasteiger charge is -2.37. The normalized spacial score (nSPS) is 20.8. The number of anilines is 1. The van der Waals surface area contributed by atoms with Crippen molar-refractivity contribution in [2.24, 2.45) is 5.92 Å². The molecule has 0 aliphatic carbocycles. The predicted octanol–water partition coefficient (Wildman–Crippen LogP) is 1.50. The number of nitrogens with zero attached hydrogens (tertiary/aromatic N) is 4. The fourth-order valence-electron chi connectivity index (χ4n) is 3.62. The molecule has 0 radical (unpaired) electrons. The topological polar surface area (TPSA) is 87.0 Å².